The van der Waals surface area contributed by atoms with Crippen LogP contribution in [-0.2, 0) is 13.7 Å². The van der Waals surface area contributed by atoms with Gasteiger partial charge in [-0.1, -0.05) is 0 Å². The van der Waals surface area contributed by atoms with E-state index in [0.29, 0.717) is 11.3 Å². The first-order valence-corrected chi connectivity index (χ1v) is 6.59. The second-order valence-corrected chi connectivity index (χ2v) is 5.10. The van der Waals surface area contributed by atoms with Crippen molar-refractivity contribution < 1.29 is 19.2 Å². The van der Waals surface area contributed by atoms with Crippen molar-refractivity contribution in [3.05, 3.63) is 43.8 Å². The Morgan fingerprint density at radius 2 is 2.24 bits per heavy atom. The normalized spacial score (nSPS) is 10.7. The fraction of sp³-hybridized carbons (Fsp3) is 0.250. The number of hydrogen-bond donors (Lipinski definition) is 1. The summed E-state index contributed by atoms with van der Waals surface area (Å²) in [6.07, 6.45) is 0. The lowest BCUT2D eigenvalue weighted by Gasteiger charge is -2.09. The van der Waals surface area contributed by atoms with E-state index in [9.17, 15) is 19.6 Å². The van der Waals surface area contributed by atoms with Gasteiger partial charge in [0.1, 0.15) is 5.82 Å². The molecule has 1 aromatic heterocycles. The van der Waals surface area contributed by atoms with Gasteiger partial charge in [0.05, 0.1) is 27.3 Å². The molecule has 0 saturated carbocycles. The lowest BCUT2D eigenvalue weighted by molar-refractivity contribution is -0.385. The van der Waals surface area contributed by atoms with E-state index >= 15 is 0 Å². The summed E-state index contributed by atoms with van der Waals surface area (Å²) < 4.78 is 20.3. The molecule has 1 N–H and O–H groups in total. The first kappa shape index (κ1) is 15.4. The molecule has 0 atom stereocenters. The second kappa shape index (κ2) is 5.78. The molecule has 0 spiro atoms. The summed E-state index contributed by atoms with van der Waals surface area (Å²) in [7, 11) is 1.56. The van der Waals surface area contributed by atoms with Crippen molar-refractivity contribution in [1.82, 2.24) is 9.78 Å². The SMILES string of the molecule is Cc1nn(C)c(Oc2cc(F)c(Br)cc2[N+](=O)[O-])c1CO. The van der Waals surface area contributed by atoms with Crippen LogP contribution in [0.1, 0.15) is 11.3 Å². The largest absolute Gasteiger partial charge is 0.432 e. The maximum Gasteiger partial charge on any atom is 0.312 e. The lowest BCUT2D eigenvalue weighted by atomic mass is 10.2. The third kappa shape index (κ3) is 2.88. The maximum atomic E-state index is 13.6. The minimum absolute atomic E-state index is 0.0369. The lowest BCUT2D eigenvalue weighted by Crippen LogP contribution is -2.00. The predicted molar refractivity (Wildman–Crippen MR) is 74.7 cm³/mol. The Morgan fingerprint density at radius 1 is 1.57 bits per heavy atom. The van der Waals surface area contributed by atoms with Crippen LogP contribution in [0.4, 0.5) is 10.1 Å². The number of benzene rings is 1. The average Bonchev–Trinajstić information content (AvgIpc) is 2.67. The van der Waals surface area contributed by atoms with Crippen LogP contribution in [-0.4, -0.2) is 19.8 Å². The molecule has 0 aliphatic rings. The van der Waals surface area contributed by atoms with Crippen LogP contribution < -0.4 is 4.74 Å². The van der Waals surface area contributed by atoms with Gasteiger partial charge in [-0.3, -0.25) is 10.1 Å². The third-order valence-corrected chi connectivity index (χ3v) is 3.46. The monoisotopic (exact) mass is 359 g/mol. The zero-order valence-corrected chi connectivity index (χ0v) is 12.7. The smallest absolute Gasteiger partial charge is 0.312 e. The highest BCUT2D eigenvalue weighted by Gasteiger charge is 2.23. The van der Waals surface area contributed by atoms with Crippen LogP contribution in [0.3, 0.4) is 0 Å². The molecule has 0 aliphatic heterocycles. The van der Waals surface area contributed by atoms with Crippen LogP contribution in [0.15, 0.2) is 16.6 Å². The highest BCUT2D eigenvalue weighted by Crippen LogP contribution is 2.36. The van der Waals surface area contributed by atoms with Crippen molar-refractivity contribution in [3.63, 3.8) is 0 Å². The number of halogens is 2. The van der Waals surface area contributed by atoms with E-state index in [1.54, 1.807) is 14.0 Å². The van der Waals surface area contributed by atoms with Gasteiger partial charge >= 0.3 is 5.69 Å². The number of aliphatic hydroxyl groups excluding tert-OH is 1. The van der Waals surface area contributed by atoms with E-state index in [-0.39, 0.29) is 22.7 Å². The van der Waals surface area contributed by atoms with Crippen LogP contribution >= 0.6 is 15.9 Å². The topological polar surface area (TPSA) is 90.4 Å². The Balaban J connectivity index is 2.54. The van der Waals surface area contributed by atoms with E-state index in [2.05, 4.69) is 21.0 Å². The summed E-state index contributed by atoms with van der Waals surface area (Å²) in [6, 6.07) is 1.93. The molecular formula is C12H11BrFN3O4. The first-order valence-electron chi connectivity index (χ1n) is 5.79. The highest BCUT2D eigenvalue weighted by atomic mass is 79.9. The molecule has 0 bridgehead atoms. The number of ether oxygens (including phenoxy) is 1. The number of nitro groups is 1. The van der Waals surface area contributed by atoms with Crippen molar-refractivity contribution >= 4 is 21.6 Å². The third-order valence-electron chi connectivity index (χ3n) is 2.85. The Bertz CT molecular complexity index is 717. The molecule has 0 unspecified atom stereocenters. The van der Waals surface area contributed by atoms with Gasteiger partial charge in [0.15, 0.2) is 0 Å². The van der Waals surface area contributed by atoms with Gasteiger partial charge in [0.2, 0.25) is 11.6 Å². The summed E-state index contributed by atoms with van der Waals surface area (Å²) >= 11 is 2.89. The Kier molecular flexibility index (Phi) is 4.24. The molecule has 0 radical (unpaired) electrons. The summed E-state index contributed by atoms with van der Waals surface area (Å²) in [4.78, 5) is 10.4. The summed E-state index contributed by atoms with van der Waals surface area (Å²) in [5, 5.41) is 24.4. The molecule has 21 heavy (non-hydrogen) atoms. The Morgan fingerprint density at radius 3 is 2.81 bits per heavy atom. The van der Waals surface area contributed by atoms with Crippen molar-refractivity contribution in [2.75, 3.05) is 0 Å². The second-order valence-electron chi connectivity index (χ2n) is 4.24. The fourth-order valence-corrected chi connectivity index (χ4v) is 2.17. The number of aromatic nitrogens is 2. The standard InChI is InChI=1S/C12H11BrFN3O4/c1-6-7(5-18)12(16(2)15-6)21-11-4-9(14)8(13)3-10(11)17(19)20/h3-4,18H,5H2,1-2H3. The maximum absolute atomic E-state index is 13.6. The quantitative estimate of drug-likeness (QED) is 0.669. The summed E-state index contributed by atoms with van der Waals surface area (Å²) in [5.74, 6) is -0.835. The molecule has 0 fully saturated rings. The zero-order chi connectivity index (χ0) is 15.7. The molecule has 7 nitrogen and oxygen atoms in total. The Hall–Kier alpha value is -2.00. The van der Waals surface area contributed by atoms with E-state index in [0.717, 1.165) is 12.1 Å². The molecule has 0 saturated heterocycles. The number of rotatable bonds is 4. The van der Waals surface area contributed by atoms with E-state index < -0.39 is 16.4 Å². The number of aryl methyl sites for hydroxylation is 2. The minimum Gasteiger partial charge on any atom is -0.432 e. The number of nitrogens with zero attached hydrogens (tertiary/aromatic N) is 3. The predicted octanol–water partition coefficient (Wildman–Crippen LogP) is 2.82. The number of nitro benzene ring substituents is 1. The van der Waals surface area contributed by atoms with Gasteiger partial charge in [-0.15, -0.1) is 0 Å². The Labute approximate surface area is 127 Å². The van der Waals surface area contributed by atoms with Gasteiger partial charge in [0, 0.05) is 19.2 Å². The molecule has 112 valence electrons. The number of hydrogen-bond acceptors (Lipinski definition) is 5. The van der Waals surface area contributed by atoms with Crippen molar-refractivity contribution in [3.8, 4) is 11.6 Å². The van der Waals surface area contributed by atoms with Crippen molar-refractivity contribution in [2.45, 2.75) is 13.5 Å². The van der Waals surface area contributed by atoms with E-state index in [1.807, 2.05) is 0 Å². The molecule has 2 rings (SSSR count). The first-order chi connectivity index (χ1) is 9.85. The van der Waals surface area contributed by atoms with Crippen LogP contribution in [0.5, 0.6) is 11.6 Å². The van der Waals surface area contributed by atoms with Gasteiger partial charge < -0.3 is 9.84 Å². The van der Waals surface area contributed by atoms with Gasteiger partial charge in [0.25, 0.3) is 0 Å². The molecule has 0 amide bonds. The molecule has 1 aromatic carbocycles. The molecular weight excluding hydrogens is 349 g/mol. The van der Waals surface area contributed by atoms with Gasteiger partial charge in [-0.05, 0) is 22.9 Å². The fourth-order valence-electron chi connectivity index (χ4n) is 1.84. The summed E-state index contributed by atoms with van der Waals surface area (Å²) in [5.41, 5.74) is 0.511. The van der Waals surface area contributed by atoms with Crippen molar-refractivity contribution in [2.24, 2.45) is 7.05 Å². The van der Waals surface area contributed by atoms with Gasteiger partial charge in [-0.2, -0.15) is 5.10 Å². The molecule has 0 aliphatic carbocycles. The van der Waals surface area contributed by atoms with E-state index in [4.69, 9.17) is 4.74 Å². The summed E-state index contributed by atoms with van der Waals surface area (Å²) in [6.45, 7) is 1.32. The van der Waals surface area contributed by atoms with Crippen LogP contribution in [0, 0.1) is 22.9 Å². The average molecular weight is 360 g/mol. The molecule has 9 heteroatoms. The highest BCUT2D eigenvalue weighted by molar-refractivity contribution is 9.10. The number of aliphatic hydroxyl groups is 1. The van der Waals surface area contributed by atoms with Crippen LogP contribution in [0.2, 0.25) is 0 Å². The van der Waals surface area contributed by atoms with E-state index in [1.165, 1.54) is 4.68 Å². The minimum atomic E-state index is -0.694. The molecule has 1 heterocycles. The zero-order valence-electron chi connectivity index (χ0n) is 11.1. The van der Waals surface area contributed by atoms with Gasteiger partial charge in [-0.25, -0.2) is 9.07 Å². The van der Waals surface area contributed by atoms with Crippen molar-refractivity contribution in [1.29, 1.82) is 0 Å². The van der Waals surface area contributed by atoms with Crippen LogP contribution in [0.25, 0.3) is 0 Å². The molecule has 2 aromatic rings.